The summed E-state index contributed by atoms with van der Waals surface area (Å²) in [5.74, 6) is 0.00213. The average Bonchev–Trinajstić information content (AvgIpc) is 2.81. The number of carbonyl (C=O) groups is 1. The van der Waals surface area contributed by atoms with E-state index in [0.29, 0.717) is 0 Å². The molecule has 0 aliphatic heterocycles. The van der Waals surface area contributed by atoms with Crippen molar-refractivity contribution in [3.63, 3.8) is 0 Å². The Balaban J connectivity index is 1.86. The molecule has 1 aromatic heterocycles. The predicted molar refractivity (Wildman–Crippen MR) is 78.4 cm³/mol. The van der Waals surface area contributed by atoms with Crippen molar-refractivity contribution in [3.8, 4) is 0 Å². The third-order valence-corrected chi connectivity index (χ3v) is 3.15. The highest BCUT2D eigenvalue weighted by atomic mass is 16.1. The first-order chi connectivity index (χ1) is 9.18. The van der Waals surface area contributed by atoms with Crippen molar-refractivity contribution in [1.82, 2.24) is 15.2 Å². The summed E-state index contributed by atoms with van der Waals surface area (Å²) in [6, 6.07) is 7.85. The van der Waals surface area contributed by atoms with Crippen LogP contribution in [0.15, 0.2) is 30.5 Å². The Morgan fingerprint density at radius 2 is 2.05 bits per heavy atom. The van der Waals surface area contributed by atoms with Gasteiger partial charge in [-0.3, -0.25) is 4.79 Å². The van der Waals surface area contributed by atoms with E-state index >= 15 is 0 Å². The van der Waals surface area contributed by atoms with Crippen LogP contribution in [-0.2, 0) is 0 Å². The fourth-order valence-corrected chi connectivity index (χ4v) is 2.11. The van der Waals surface area contributed by atoms with Crippen LogP contribution in [0.3, 0.4) is 0 Å². The Morgan fingerprint density at radius 3 is 2.84 bits per heavy atom. The summed E-state index contributed by atoms with van der Waals surface area (Å²) in [6.07, 6.45) is 3.88. The van der Waals surface area contributed by atoms with Gasteiger partial charge in [-0.25, -0.2) is 0 Å². The summed E-state index contributed by atoms with van der Waals surface area (Å²) in [5.41, 5.74) is 1.73. The highest BCUT2D eigenvalue weighted by Crippen LogP contribution is 2.17. The van der Waals surface area contributed by atoms with E-state index in [2.05, 4.69) is 29.3 Å². The Kier molecular flexibility index (Phi) is 4.58. The Bertz CT molecular complexity index is 545. The van der Waals surface area contributed by atoms with Crippen LogP contribution in [0, 0.1) is 0 Å². The molecule has 19 heavy (non-hydrogen) atoms. The van der Waals surface area contributed by atoms with E-state index in [1.807, 2.05) is 24.3 Å². The molecule has 0 unspecified atom stereocenters. The molecule has 0 aliphatic rings. The van der Waals surface area contributed by atoms with Crippen LogP contribution in [0.25, 0.3) is 10.9 Å². The first-order valence-corrected chi connectivity index (χ1v) is 6.67. The summed E-state index contributed by atoms with van der Waals surface area (Å²) in [7, 11) is 4.12. The third kappa shape index (κ3) is 3.58. The predicted octanol–water partition coefficient (Wildman–Crippen LogP) is 2.24. The molecule has 0 spiro atoms. The van der Waals surface area contributed by atoms with Gasteiger partial charge in [0.2, 0.25) is 0 Å². The van der Waals surface area contributed by atoms with Crippen molar-refractivity contribution in [2.75, 3.05) is 27.2 Å². The molecule has 2 N–H and O–H groups in total. The summed E-state index contributed by atoms with van der Waals surface area (Å²) < 4.78 is 0. The second kappa shape index (κ2) is 6.38. The minimum Gasteiger partial charge on any atom is -0.360 e. The number of aromatic amines is 1. The second-order valence-corrected chi connectivity index (χ2v) is 5.01. The van der Waals surface area contributed by atoms with Gasteiger partial charge < -0.3 is 15.2 Å². The zero-order valence-electron chi connectivity index (χ0n) is 11.6. The van der Waals surface area contributed by atoms with Gasteiger partial charge >= 0.3 is 0 Å². The molecule has 1 aromatic carbocycles. The molecule has 0 bridgehead atoms. The quantitative estimate of drug-likeness (QED) is 0.782. The number of rotatable bonds is 6. The summed E-state index contributed by atoms with van der Waals surface area (Å²) in [6.45, 7) is 1.79. The van der Waals surface area contributed by atoms with Crippen LogP contribution in [-0.4, -0.2) is 43.0 Å². The lowest BCUT2D eigenvalue weighted by Crippen LogP contribution is -2.25. The second-order valence-electron chi connectivity index (χ2n) is 5.01. The van der Waals surface area contributed by atoms with Crippen LogP contribution in [0.5, 0.6) is 0 Å². The van der Waals surface area contributed by atoms with Crippen LogP contribution in [0.2, 0.25) is 0 Å². The minimum atomic E-state index is 0.00213. The number of aromatic nitrogens is 1. The lowest BCUT2D eigenvalue weighted by atomic mass is 10.1. The van der Waals surface area contributed by atoms with Crippen LogP contribution >= 0.6 is 0 Å². The first kappa shape index (κ1) is 13.6. The third-order valence-electron chi connectivity index (χ3n) is 3.15. The number of amides is 1. The monoisotopic (exact) mass is 259 g/mol. The van der Waals surface area contributed by atoms with E-state index in [4.69, 9.17) is 0 Å². The van der Waals surface area contributed by atoms with E-state index in [0.717, 1.165) is 42.4 Å². The van der Waals surface area contributed by atoms with Crippen molar-refractivity contribution in [2.45, 2.75) is 12.8 Å². The Labute approximate surface area is 113 Å². The fourth-order valence-electron chi connectivity index (χ4n) is 2.11. The normalized spacial score (nSPS) is 11.1. The van der Waals surface area contributed by atoms with Crippen LogP contribution in [0.1, 0.15) is 23.2 Å². The molecule has 0 saturated carbocycles. The number of unbranched alkanes of at least 4 members (excludes halogenated alkanes) is 1. The molecule has 2 rings (SSSR count). The van der Waals surface area contributed by atoms with E-state index in [9.17, 15) is 4.79 Å². The number of hydrogen-bond acceptors (Lipinski definition) is 2. The zero-order chi connectivity index (χ0) is 13.7. The molecule has 0 fully saturated rings. The van der Waals surface area contributed by atoms with Crippen LogP contribution < -0.4 is 5.32 Å². The maximum absolute atomic E-state index is 12.1. The van der Waals surface area contributed by atoms with Crippen molar-refractivity contribution in [1.29, 1.82) is 0 Å². The van der Waals surface area contributed by atoms with Crippen molar-refractivity contribution < 1.29 is 4.79 Å². The van der Waals surface area contributed by atoms with Gasteiger partial charge in [0.05, 0.1) is 5.56 Å². The fraction of sp³-hybridized carbons (Fsp3) is 0.400. The van der Waals surface area contributed by atoms with E-state index in [-0.39, 0.29) is 5.91 Å². The summed E-state index contributed by atoms with van der Waals surface area (Å²) >= 11 is 0. The Morgan fingerprint density at radius 1 is 1.26 bits per heavy atom. The summed E-state index contributed by atoms with van der Waals surface area (Å²) in [4.78, 5) is 17.3. The van der Waals surface area contributed by atoms with Gasteiger partial charge in [-0.05, 0) is 39.5 Å². The van der Waals surface area contributed by atoms with Crippen LogP contribution in [0.4, 0.5) is 0 Å². The molecule has 0 atom stereocenters. The molecule has 1 heterocycles. The topological polar surface area (TPSA) is 48.1 Å². The number of nitrogens with zero attached hydrogens (tertiary/aromatic N) is 1. The number of benzene rings is 1. The maximum Gasteiger partial charge on any atom is 0.253 e. The molecule has 102 valence electrons. The lowest BCUT2D eigenvalue weighted by Gasteiger charge is -2.09. The number of nitrogens with one attached hydrogen (secondary N) is 2. The minimum absolute atomic E-state index is 0.00213. The van der Waals surface area contributed by atoms with Gasteiger partial charge in [0.15, 0.2) is 0 Å². The van der Waals surface area contributed by atoms with Gasteiger partial charge in [0, 0.05) is 23.6 Å². The molecule has 2 aromatic rings. The maximum atomic E-state index is 12.1. The standard InChI is InChI=1S/C15H21N3O/c1-18(2)10-6-5-9-16-15(19)13-11-17-14-8-4-3-7-12(13)14/h3-4,7-8,11,17H,5-6,9-10H2,1-2H3,(H,16,19). The van der Waals surface area contributed by atoms with Gasteiger partial charge in [-0.2, -0.15) is 0 Å². The Hall–Kier alpha value is -1.81. The number of hydrogen-bond donors (Lipinski definition) is 2. The molecule has 0 saturated heterocycles. The highest BCUT2D eigenvalue weighted by molar-refractivity contribution is 6.06. The molecule has 0 aliphatic carbocycles. The van der Waals surface area contributed by atoms with E-state index in [1.165, 1.54) is 0 Å². The number of H-pyrrole nitrogens is 1. The molecular weight excluding hydrogens is 238 g/mol. The number of carbonyl (C=O) groups excluding carboxylic acids is 1. The first-order valence-electron chi connectivity index (χ1n) is 6.67. The molecule has 1 amide bonds. The van der Waals surface area contributed by atoms with Gasteiger partial charge in [0.1, 0.15) is 0 Å². The molecule has 4 nitrogen and oxygen atoms in total. The van der Waals surface area contributed by atoms with E-state index in [1.54, 1.807) is 6.20 Å². The smallest absolute Gasteiger partial charge is 0.253 e. The average molecular weight is 259 g/mol. The SMILES string of the molecule is CN(C)CCCCNC(=O)c1c[nH]c2ccccc12. The lowest BCUT2D eigenvalue weighted by molar-refractivity contribution is 0.0954. The van der Waals surface area contributed by atoms with Gasteiger partial charge in [-0.15, -0.1) is 0 Å². The molecule has 0 radical (unpaired) electrons. The van der Waals surface area contributed by atoms with Crippen molar-refractivity contribution >= 4 is 16.8 Å². The van der Waals surface area contributed by atoms with Gasteiger partial charge in [0.25, 0.3) is 5.91 Å². The summed E-state index contributed by atoms with van der Waals surface area (Å²) in [5, 5.41) is 3.95. The largest absolute Gasteiger partial charge is 0.360 e. The number of para-hydroxylation sites is 1. The number of fused-ring (bicyclic) bond motifs is 1. The van der Waals surface area contributed by atoms with Crippen molar-refractivity contribution in [3.05, 3.63) is 36.0 Å². The van der Waals surface area contributed by atoms with Crippen molar-refractivity contribution in [2.24, 2.45) is 0 Å². The zero-order valence-corrected chi connectivity index (χ0v) is 11.6. The molecular formula is C15H21N3O. The highest BCUT2D eigenvalue weighted by Gasteiger charge is 2.10. The molecule has 4 heteroatoms. The van der Waals surface area contributed by atoms with E-state index < -0.39 is 0 Å². The van der Waals surface area contributed by atoms with Gasteiger partial charge in [-0.1, -0.05) is 18.2 Å².